The van der Waals surface area contributed by atoms with Crippen LogP contribution in [0.5, 0.6) is 11.5 Å². The number of hydrogen-bond donors (Lipinski definition) is 1. The minimum atomic E-state index is -0.552. The van der Waals surface area contributed by atoms with Crippen LogP contribution >= 0.6 is 0 Å². The van der Waals surface area contributed by atoms with Crippen LogP contribution < -0.4 is 14.8 Å². The lowest BCUT2D eigenvalue weighted by Crippen LogP contribution is -2.10. The number of allylic oxidation sites excluding steroid dienone is 1. The number of rotatable bonds is 8. The molecular formula is C27H23FN2O6. The van der Waals surface area contributed by atoms with Crippen molar-refractivity contribution in [1.82, 2.24) is 0 Å². The van der Waals surface area contributed by atoms with E-state index < -0.39 is 10.8 Å². The van der Waals surface area contributed by atoms with Crippen LogP contribution in [0.1, 0.15) is 19.4 Å². The van der Waals surface area contributed by atoms with Gasteiger partial charge in [0.25, 0.3) is 5.69 Å². The molecule has 0 aliphatic heterocycles. The third-order valence-corrected chi connectivity index (χ3v) is 5.55. The first-order valence-corrected chi connectivity index (χ1v) is 11.1. The molecule has 9 heteroatoms. The number of ether oxygens (including phenoxy) is 2. The molecule has 0 saturated carbocycles. The van der Waals surface area contributed by atoms with Crippen molar-refractivity contribution in [3.8, 4) is 22.6 Å². The van der Waals surface area contributed by atoms with Crippen LogP contribution in [0.4, 0.5) is 15.8 Å². The number of nitro benzene ring substituents is 1. The van der Waals surface area contributed by atoms with Gasteiger partial charge in [-0.15, -0.1) is 0 Å². The number of carbonyl (C=O) groups excluding carboxylic acids is 1. The van der Waals surface area contributed by atoms with Gasteiger partial charge >= 0.3 is 0 Å². The Labute approximate surface area is 206 Å². The molecule has 1 aromatic heterocycles. The molecule has 1 N–H and O–H groups in total. The van der Waals surface area contributed by atoms with Gasteiger partial charge in [-0.3, -0.25) is 14.9 Å². The SMILES string of the molecule is CCOc1cc2occ(-c3ccc(F)cc3)c2cc1/C(C)=C/C(=O)Nc1cc([N+](=O)[O-])ccc1OC. The number of carbonyl (C=O) groups is 1. The summed E-state index contributed by atoms with van der Waals surface area (Å²) in [5.74, 6) is -0.0194. The minimum Gasteiger partial charge on any atom is -0.495 e. The Morgan fingerprint density at radius 3 is 2.56 bits per heavy atom. The normalized spacial score (nSPS) is 11.4. The molecule has 4 aromatic rings. The number of nitro groups is 1. The Morgan fingerprint density at radius 2 is 1.89 bits per heavy atom. The van der Waals surface area contributed by atoms with Crippen molar-refractivity contribution in [3.63, 3.8) is 0 Å². The monoisotopic (exact) mass is 490 g/mol. The van der Waals surface area contributed by atoms with Crippen molar-refractivity contribution >= 4 is 33.8 Å². The molecule has 1 heterocycles. The van der Waals surface area contributed by atoms with Crippen molar-refractivity contribution in [2.45, 2.75) is 13.8 Å². The number of hydrogen-bond acceptors (Lipinski definition) is 6. The largest absolute Gasteiger partial charge is 0.495 e. The Hall–Kier alpha value is -4.66. The molecule has 184 valence electrons. The number of nitrogens with zero attached hydrogens (tertiary/aromatic N) is 1. The molecule has 1 amide bonds. The topological polar surface area (TPSA) is 104 Å². The first kappa shape index (κ1) is 24.5. The van der Waals surface area contributed by atoms with E-state index in [0.29, 0.717) is 34.8 Å². The minimum absolute atomic E-state index is 0.176. The van der Waals surface area contributed by atoms with E-state index >= 15 is 0 Å². The van der Waals surface area contributed by atoms with Crippen LogP contribution in [0.25, 0.3) is 27.7 Å². The predicted molar refractivity (Wildman–Crippen MR) is 135 cm³/mol. The van der Waals surface area contributed by atoms with Gasteiger partial charge in [-0.2, -0.15) is 0 Å². The van der Waals surface area contributed by atoms with E-state index in [-0.39, 0.29) is 17.2 Å². The van der Waals surface area contributed by atoms with Crippen LogP contribution in [0, 0.1) is 15.9 Å². The fourth-order valence-electron chi connectivity index (χ4n) is 3.84. The first-order chi connectivity index (χ1) is 17.3. The third kappa shape index (κ3) is 5.05. The lowest BCUT2D eigenvalue weighted by Gasteiger charge is -2.12. The van der Waals surface area contributed by atoms with E-state index in [1.807, 2.05) is 13.0 Å². The van der Waals surface area contributed by atoms with Gasteiger partial charge < -0.3 is 19.2 Å². The second-order valence-electron chi connectivity index (χ2n) is 7.89. The van der Waals surface area contributed by atoms with Crippen molar-refractivity contribution in [2.75, 3.05) is 19.0 Å². The Morgan fingerprint density at radius 1 is 1.14 bits per heavy atom. The predicted octanol–water partition coefficient (Wildman–Crippen LogP) is 6.60. The number of halogens is 1. The van der Waals surface area contributed by atoms with Gasteiger partial charge in [-0.25, -0.2) is 4.39 Å². The van der Waals surface area contributed by atoms with Gasteiger partial charge in [-0.1, -0.05) is 12.1 Å². The molecule has 0 aliphatic carbocycles. The van der Waals surface area contributed by atoms with Gasteiger partial charge in [0.1, 0.15) is 22.9 Å². The molecule has 0 spiro atoms. The number of fused-ring (bicyclic) bond motifs is 1. The summed E-state index contributed by atoms with van der Waals surface area (Å²) in [7, 11) is 1.41. The zero-order valence-corrected chi connectivity index (χ0v) is 19.8. The summed E-state index contributed by atoms with van der Waals surface area (Å²) in [6.07, 6.45) is 2.97. The maximum absolute atomic E-state index is 13.4. The molecule has 0 fully saturated rings. The number of furan rings is 1. The summed E-state index contributed by atoms with van der Waals surface area (Å²) in [6, 6.07) is 13.6. The molecule has 36 heavy (non-hydrogen) atoms. The quantitative estimate of drug-likeness (QED) is 0.170. The van der Waals surface area contributed by atoms with Crippen molar-refractivity contribution < 1.29 is 28.0 Å². The molecule has 0 radical (unpaired) electrons. The summed E-state index contributed by atoms with van der Waals surface area (Å²) < 4.78 is 30.2. The smallest absolute Gasteiger partial charge is 0.271 e. The van der Waals surface area contributed by atoms with E-state index in [4.69, 9.17) is 13.9 Å². The van der Waals surface area contributed by atoms with Gasteiger partial charge in [0.15, 0.2) is 0 Å². The highest BCUT2D eigenvalue weighted by molar-refractivity contribution is 6.06. The third-order valence-electron chi connectivity index (χ3n) is 5.55. The van der Waals surface area contributed by atoms with Crippen molar-refractivity contribution in [2.24, 2.45) is 0 Å². The summed E-state index contributed by atoms with van der Waals surface area (Å²) in [4.78, 5) is 23.4. The second-order valence-corrected chi connectivity index (χ2v) is 7.89. The number of anilines is 1. The first-order valence-electron chi connectivity index (χ1n) is 11.1. The Bertz CT molecular complexity index is 1470. The summed E-state index contributed by atoms with van der Waals surface area (Å²) in [6.45, 7) is 4.00. The Balaban J connectivity index is 1.72. The lowest BCUT2D eigenvalue weighted by atomic mass is 9.99. The van der Waals surface area contributed by atoms with Crippen molar-refractivity contribution in [3.05, 3.63) is 88.4 Å². The average Bonchev–Trinajstić information content (AvgIpc) is 3.26. The molecule has 3 aromatic carbocycles. The molecule has 8 nitrogen and oxygen atoms in total. The molecule has 4 rings (SSSR count). The number of nitrogens with one attached hydrogen (secondary N) is 1. The lowest BCUT2D eigenvalue weighted by molar-refractivity contribution is -0.384. The highest BCUT2D eigenvalue weighted by atomic mass is 19.1. The standard InChI is InChI=1S/C27H23FN2O6/c1-4-35-25-14-26-21(22(15-36-26)17-5-7-18(28)8-6-17)13-20(25)16(2)11-27(31)29-23-12-19(30(32)33)9-10-24(23)34-3/h5-15H,4H2,1-3H3,(H,29,31)/b16-11+. The summed E-state index contributed by atoms with van der Waals surface area (Å²) in [5, 5.41) is 14.5. The Kier molecular flexibility index (Phi) is 7.00. The maximum atomic E-state index is 13.4. The molecule has 0 unspecified atom stereocenters. The zero-order valence-electron chi connectivity index (χ0n) is 19.8. The van der Waals surface area contributed by atoms with E-state index in [1.165, 1.54) is 43.5 Å². The number of benzene rings is 3. The van der Waals surface area contributed by atoms with E-state index in [9.17, 15) is 19.3 Å². The molecule has 0 aliphatic rings. The number of methoxy groups -OCH3 is 1. The molecule has 0 atom stereocenters. The number of amides is 1. The van der Waals surface area contributed by atoms with Crippen LogP contribution in [-0.4, -0.2) is 24.5 Å². The summed E-state index contributed by atoms with van der Waals surface area (Å²) >= 11 is 0. The van der Waals surface area contributed by atoms with Crippen LogP contribution in [0.2, 0.25) is 0 Å². The van der Waals surface area contributed by atoms with Gasteiger partial charge in [0.05, 0.1) is 30.6 Å². The molecule has 0 bridgehead atoms. The van der Waals surface area contributed by atoms with Crippen LogP contribution in [0.15, 0.2) is 71.4 Å². The highest BCUT2D eigenvalue weighted by Crippen LogP contribution is 2.38. The maximum Gasteiger partial charge on any atom is 0.271 e. The van der Waals surface area contributed by atoms with E-state index in [1.54, 1.807) is 31.4 Å². The van der Waals surface area contributed by atoms with Gasteiger partial charge in [0.2, 0.25) is 5.91 Å². The van der Waals surface area contributed by atoms with Crippen LogP contribution in [0.3, 0.4) is 0 Å². The van der Waals surface area contributed by atoms with E-state index in [2.05, 4.69) is 5.32 Å². The second kappa shape index (κ2) is 10.3. The molecular weight excluding hydrogens is 467 g/mol. The van der Waals surface area contributed by atoms with E-state index in [0.717, 1.165) is 16.5 Å². The fraction of sp³-hybridized carbons (Fsp3) is 0.148. The highest BCUT2D eigenvalue weighted by Gasteiger charge is 2.17. The molecule has 0 saturated heterocycles. The zero-order chi connectivity index (χ0) is 25.8. The van der Waals surface area contributed by atoms with Crippen molar-refractivity contribution in [1.29, 1.82) is 0 Å². The average molecular weight is 490 g/mol. The van der Waals surface area contributed by atoms with Crippen LogP contribution in [-0.2, 0) is 4.79 Å². The van der Waals surface area contributed by atoms with Gasteiger partial charge in [-0.05, 0) is 49.2 Å². The fourth-order valence-corrected chi connectivity index (χ4v) is 3.84. The summed E-state index contributed by atoms with van der Waals surface area (Å²) in [5.41, 5.74) is 3.39. The van der Waals surface area contributed by atoms with Gasteiger partial charge in [0, 0.05) is 40.8 Å². The number of non-ortho nitro benzene ring substituents is 1.